The van der Waals surface area contributed by atoms with E-state index in [0.717, 1.165) is 24.5 Å². The van der Waals surface area contributed by atoms with E-state index in [2.05, 4.69) is 68.4 Å². The van der Waals surface area contributed by atoms with Crippen molar-refractivity contribution in [2.24, 2.45) is 0 Å². The highest BCUT2D eigenvalue weighted by molar-refractivity contribution is 5.91. The van der Waals surface area contributed by atoms with E-state index in [1.807, 2.05) is 18.2 Å². The van der Waals surface area contributed by atoms with Gasteiger partial charge < -0.3 is 15.5 Å². The summed E-state index contributed by atoms with van der Waals surface area (Å²) >= 11 is 0. The predicted octanol–water partition coefficient (Wildman–Crippen LogP) is 4.90. The monoisotopic (exact) mass is 353 g/mol. The first kappa shape index (κ1) is 19.8. The molecule has 0 radical (unpaired) electrons. The molecule has 0 saturated heterocycles. The third kappa shape index (κ3) is 5.25. The molecule has 0 bridgehead atoms. The molecule has 0 aliphatic carbocycles. The largest absolute Gasteiger partial charge is 0.384 e. The summed E-state index contributed by atoms with van der Waals surface area (Å²) in [5.41, 5.74) is 6.80. The molecule has 2 N–H and O–H groups in total. The van der Waals surface area contributed by atoms with E-state index in [1.165, 1.54) is 22.4 Å². The molecule has 0 aromatic heterocycles. The smallest absolute Gasteiger partial charge is 0.226 e. The second kappa shape index (κ2) is 9.27. The van der Waals surface area contributed by atoms with E-state index in [9.17, 15) is 4.79 Å². The molecule has 2 rings (SSSR count). The lowest BCUT2D eigenvalue weighted by Gasteiger charge is -2.22. The van der Waals surface area contributed by atoms with Crippen molar-refractivity contribution in [1.82, 2.24) is 0 Å². The highest BCUT2D eigenvalue weighted by atomic mass is 16.1. The molecular formula is C22H31N3O. The van der Waals surface area contributed by atoms with Crippen LogP contribution >= 0.6 is 0 Å². The molecule has 0 aliphatic heterocycles. The van der Waals surface area contributed by atoms with Crippen LogP contribution in [0.5, 0.6) is 0 Å². The van der Waals surface area contributed by atoms with Crippen molar-refractivity contribution in [3.8, 4) is 0 Å². The van der Waals surface area contributed by atoms with Gasteiger partial charge in [0.05, 0.1) is 0 Å². The molecule has 0 heterocycles. The summed E-state index contributed by atoms with van der Waals surface area (Å²) in [6, 6.07) is 12.4. The van der Waals surface area contributed by atoms with Gasteiger partial charge in [-0.1, -0.05) is 6.07 Å². The maximum Gasteiger partial charge on any atom is 0.226 e. The van der Waals surface area contributed by atoms with Gasteiger partial charge in [-0.3, -0.25) is 4.79 Å². The molecular weight excluding hydrogens is 322 g/mol. The third-order valence-electron chi connectivity index (χ3n) is 4.80. The Balaban J connectivity index is 1.86. The highest BCUT2D eigenvalue weighted by Crippen LogP contribution is 2.22. The standard InChI is InChI=1S/C22H31N3O/c1-6-25(7-2)20-10-11-21(18(5)15-20)23-13-12-22(26)24-19-9-8-16(3)17(4)14-19/h8-11,14-15,23H,6-7,12-13H2,1-5H3,(H,24,26). The molecule has 4 heteroatoms. The van der Waals surface area contributed by atoms with Crippen LogP contribution in [0.2, 0.25) is 0 Å². The minimum Gasteiger partial charge on any atom is -0.384 e. The fourth-order valence-corrected chi connectivity index (χ4v) is 2.99. The number of anilines is 3. The molecule has 2 aromatic rings. The van der Waals surface area contributed by atoms with Gasteiger partial charge in [0.2, 0.25) is 5.91 Å². The van der Waals surface area contributed by atoms with Gasteiger partial charge in [-0.05, 0) is 81.6 Å². The Morgan fingerprint density at radius 3 is 2.27 bits per heavy atom. The van der Waals surface area contributed by atoms with Crippen LogP contribution in [-0.2, 0) is 4.79 Å². The van der Waals surface area contributed by atoms with Crippen molar-refractivity contribution < 1.29 is 4.79 Å². The second-order valence-corrected chi connectivity index (χ2v) is 6.70. The summed E-state index contributed by atoms with van der Waals surface area (Å²) in [7, 11) is 0. The summed E-state index contributed by atoms with van der Waals surface area (Å²) < 4.78 is 0. The van der Waals surface area contributed by atoms with Crippen LogP contribution < -0.4 is 15.5 Å². The van der Waals surface area contributed by atoms with Crippen LogP contribution in [0, 0.1) is 20.8 Å². The number of aryl methyl sites for hydroxylation is 3. The molecule has 4 nitrogen and oxygen atoms in total. The van der Waals surface area contributed by atoms with Crippen molar-refractivity contribution in [2.75, 3.05) is 35.2 Å². The zero-order valence-electron chi connectivity index (χ0n) is 16.6. The van der Waals surface area contributed by atoms with E-state index in [0.29, 0.717) is 13.0 Å². The maximum absolute atomic E-state index is 12.1. The zero-order chi connectivity index (χ0) is 19.1. The fourth-order valence-electron chi connectivity index (χ4n) is 2.99. The lowest BCUT2D eigenvalue weighted by molar-refractivity contribution is -0.115. The first-order valence-electron chi connectivity index (χ1n) is 9.41. The first-order valence-corrected chi connectivity index (χ1v) is 9.41. The van der Waals surface area contributed by atoms with Crippen LogP contribution in [0.3, 0.4) is 0 Å². The average Bonchev–Trinajstić information content (AvgIpc) is 2.61. The van der Waals surface area contributed by atoms with Gasteiger partial charge in [-0.25, -0.2) is 0 Å². The Morgan fingerprint density at radius 1 is 0.923 bits per heavy atom. The molecule has 0 unspecified atom stereocenters. The number of amides is 1. The van der Waals surface area contributed by atoms with Gasteiger partial charge in [-0.2, -0.15) is 0 Å². The quantitative estimate of drug-likeness (QED) is 0.709. The van der Waals surface area contributed by atoms with Crippen molar-refractivity contribution in [3.63, 3.8) is 0 Å². The van der Waals surface area contributed by atoms with E-state index >= 15 is 0 Å². The SMILES string of the molecule is CCN(CC)c1ccc(NCCC(=O)Nc2ccc(C)c(C)c2)c(C)c1. The normalized spacial score (nSPS) is 10.5. The molecule has 26 heavy (non-hydrogen) atoms. The van der Waals surface area contributed by atoms with Crippen LogP contribution in [0.1, 0.15) is 37.0 Å². The number of nitrogens with one attached hydrogen (secondary N) is 2. The van der Waals surface area contributed by atoms with Gasteiger partial charge in [0, 0.05) is 43.1 Å². The van der Waals surface area contributed by atoms with E-state index < -0.39 is 0 Å². The lowest BCUT2D eigenvalue weighted by Crippen LogP contribution is -2.22. The van der Waals surface area contributed by atoms with Gasteiger partial charge in [0.15, 0.2) is 0 Å². The topological polar surface area (TPSA) is 44.4 Å². The molecule has 0 saturated carbocycles. The number of nitrogens with zero attached hydrogens (tertiary/aromatic N) is 1. The third-order valence-corrected chi connectivity index (χ3v) is 4.80. The molecule has 0 spiro atoms. The second-order valence-electron chi connectivity index (χ2n) is 6.70. The van der Waals surface area contributed by atoms with Crippen molar-refractivity contribution in [1.29, 1.82) is 0 Å². The van der Waals surface area contributed by atoms with Crippen molar-refractivity contribution >= 4 is 23.0 Å². The number of benzene rings is 2. The number of hydrogen-bond donors (Lipinski definition) is 2. The molecule has 0 aliphatic rings. The summed E-state index contributed by atoms with van der Waals surface area (Å²) in [4.78, 5) is 14.5. The van der Waals surface area contributed by atoms with Gasteiger partial charge in [0.1, 0.15) is 0 Å². The molecule has 140 valence electrons. The van der Waals surface area contributed by atoms with Gasteiger partial charge in [0.25, 0.3) is 0 Å². The van der Waals surface area contributed by atoms with Crippen molar-refractivity contribution in [3.05, 3.63) is 53.1 Å². The van der Waals surface area contributed by atoms with Crippen LogP contribution in [0.4, 0.5) is 17.1 Å². The fraction of sp³-hybridized carbons (Fsp3) is 0.409. The van der Waals surface area contributed by atoms with Gasteiger partial charge in [-0.15, -0.1) is 0 Å². The Hall–Kier alpha value is -2.49. The Kier molecular flexibility index (Phi) is 7.07. The summed E-state index contributed by atoms with van der Waals surface area (Å²) in [6.07, 6.45) is 0.435. The zero-order valence-corrected chi connectivity index (χ0v) is 16.6. The Morgan fingerprint density at radius 2 is 1.65 bits per heavy atom. The van der Waals surface area contributed by atoms with Crippen LogP contribution in [0.15, 0.2) is 36.4 Å². The average molecular weight is 354 g/mol. The molecule has 2 aromatic carbocycles. The van der Waals surface area contributed by atoms with Crippen molar-refractivity contribution in [2.45, 2.75) is 41.0 Å². The molecule has 1 amide bonds. The molecule has 0 atom stereocenters. The lowest BCUT2D eigenvalue weighted by atomic mass is 10.1. The number of hydrogen-bond acceptors (Lipinski definition) is 3. The van der Waals surface area contributed by atoms with Gasteiger partial charge >= 0.3 is 0 Å². The van der Waals surface area contributed by atoms with Crippen LogP contribution in [0.25, 0.3) is 0 Å². The predicted molar refractivity (Wildman–Crippen MR) is 112 cm³/mol. The van der Waals surface area contributed by atoms with E-state index in [1.54, 1.807) is 0 Å². The molecule has 0 fully saturated rings. The van der Waals surface area contributed by atoms with E-state index in [4.69, 9.17) is 0 Å². The number of carbonyl (C=O) groups excluding carboxylic acids is 1. The Bertz CT molecular complexity index is 751. The number of carbonyl (C=O) groups is 1. The minimum absolute atomic E-state index is 0.0261. The summed E-state index contributed by atoms with van der Waals surface area (Å²) in [6.45, 7) is 13.2. The van der Waals surface area contributed by atoms with Crippen LogP contribution in [-0.4, -0.2) is 25.5 Å². The Labute approximate surface area is 157 Å². The number of rotatable bonds is 8. The highest BCUT2D eigenvalue weighted by Gasteiger charge is 2.07. The summed E-state index contributed by atoms with van der Waals surface area (Å²) in [5, 5.41) is 6.34. The maximum atomic E-state index is 12.1. The summed E-state index contributed by atoms with van der Waals surface area (Å²) in [5.74, 6) is 0.0261. The van der Waals surface area contributed by atoms with E-state index in [-0.39, 0.29) is 5.91 Å². The minimum atomic E-state index is 0.0261. The first-order chi connectivity index (χ1) is 12.4.